The second kappa shape index (κ2) is 8.87. The Morgan fingerprint density at radius 1 is 1.36 bits per heavy atom. The number of nitrogens with one attached hydrogen (secondary N) is 1. The van der Waals surface area contributed by atoms with E-state index in [9.17, 15) is 18.0 Å². The first kappa shape index (κ1) is 21.7. The van der Waals surface area contributed by atoms with E-state index in [4.69, 9.17) is 10.5 Å². The first-order valence-electron chi connectivity index (χ1n) is 8.05. The molecular weight excluding hydrogens is 357 g/mol. The maximum atomic E-state index is 12.9. The van der Waals surface area contributed by atoms with Gasteiger partial charge in [0.1, 0.15) is 6.10 Å². The Labute approximate surface area is 151 Å². The molecule has 1 unspecified atom stereocenters. The molecule has 1 amide bonds. The van der Waals surface area contributed by atoms with Gasteiger partial charge in [0.2, 0.25) is 5.91 Å². The van der Waals surface area contributed by atoms with Crippen molar-refractivity contribution in [1.29, 1.82) is 0 Å². The number of benzene rings is 1. The summed E-state index contributed by atoms with van der Waals surface area (Å²) in [5, 5.41) is 2.83. The van der Waals surface area contributed by atoms with Crippen molar-refractivity contribution in [3.8, 4) is 0 Å². The molecule has 0 saturated carbocycles. The van der Waals surface area contributed by atoms with Crippen molar-refractivity contribution in [3.63, 3.8) is 0 Å². The molecule has 8 heteroatoms. The van der Waals surface area contributed by atoms with Crippen molar-refractivity contribution in [2.24, 2.45) is 11.7 Å². The van der Waals surface area contributed by atoms with Crippen LogP contribution in [0.5, 0.6) is 0 Å². The van der Waals surface area contributed by atoms with Gasteiger partial charge in [-0.1, -0.05) is 26.0 Å². The van der Waals surface area contributed by atoms with E-state index in [1.54, 1.807) is 6.07 Å². The topological polar surface area (TPSA) is 64.4 Å². The summed E-state index contributed by atoms with van der Waals surface area (Å²) >= 11 is 0. The van der Waals surface area contributed by atoms with Crippen LogP contribution in [0.1, 0.15) is 43.9 Å². The van der Waals surface area contributed by atoms with Crippen LogP contribution in [-0.2, 0) is 15.7 Å². The van der Waals surface area contributed by atoms with Gasteiger partial charge >= 0.3 is 6.18 Å². The summed E-state index contributed by atoms with van der Waals surface area (Å²) < 4.78 is 44.3. The van der Waals surface area contributed by atoms with Crippen LogP contribution in [0.4, 0.5) is 13.2 Å². The zero-order chi connectivity index (χ0) is 17.9. The predicted octanol–water partition coefficient (Wildman–Crippen LogP) is 3.45. The maximum Gasteiger partial charge on any atom is 0.416 e. The van der Waals surface area contributed by atoms with Crippen molar-refractivity contribution in [2.45, 2.75) is 51.1 Å². The molecule has 1 saturated heterocycles. The summed E-state index contributed by atoms with van der Waals surface area (Å²) in [6.07, 6.45) is -3.85. The van der Waals surface area contributed by atoms with Crippen LogP contribution in [0.25, 0.3) is 0 Å². The van der Waals surface area contributed by atoms with Crippen molar-refractivity contribution in [3.05, 3.63) is 35.4 Å². The average molecular weight is 381 g/mol. The van der Waals surface area contributed by atoms with Crippen molar-refractivity contribution in [1.82, 2.24) is 5.32 Å². The monoisotopic (exact) mass is 380 g/mol. The number of carbonyl (C=O) groups excluding carboxylic acids is 1. The number of hydrogen-bond acceptors (Lipinski definition) is 3. The van der Waals surface area contributed by atoms with Crippen LogP contribution in [-0.4, -0.2) is 24.7 Å². The molecule has 4 nitrogen and oxygen atoms in total. The number of nitrogens with two attached hydrogens (primary N) is 1. The van der Waals surface area contributed by atoms with Gasteiger partial charge in [0, 0.05) is 6.54 Å². The van der Waals surface area contributed by atoms with Crippen LogP contribution < -0.4 is 11.1 Å². The minimum atomic E-state index is -4.41. The third-order valence-electron chi connectivity index (χ3n) is 4.20. The highest BCUT2D eigenvalue weighted by Crippen LogP contribution is 2.32. The van der Waals surface area contributed by atoms with Gasteiger partial charge in [-0.25, -0.2) is 0 Å². The second-order valence-corrected chi connectivity index (χ2v) is 6.41. The first-order valence-corrected chi connectivity index (χ1v) is 8.05. The van der Waals surface area contributed by atoms with Crippen molar-refractivity contribution >= 4 is 18.3 Å². The highest BCUT2D eigenvalue weighted by Gasteiger charge is 2.33. The lowest BCUT2D eigenvalue weighted by Gasteiger charge is -2.25. The average Bonchev–Trinajstić information content (AvgIpc) is 3.00. The molecule has 1 fully saturated rings. The zero-order valence-electron chi connectivity index (χ0n) is 14.2. The van der Waals surface area contributed by atoms with Gasteiger partial charge in [-0.05, 0) is 36.5 Å². The van der Waals surface area contributed by atoms with Crippen LogP contribution in [0.2, 0.25) is 0 Å². The summed E-state index contributed by atoms with van der Waals surface area (Å²) in [4.78, 5) is 12.4. The molecule has 1 heterocycles. The highest BCUT2D eigenvalue weighted by atomic mass is 35.5. The van der Waals surface area contributed by atoms with Crippen molar-refractivity contribution < 1.29 is 22.7 Å². The molecule has 1 aromatic carbocycles. The minimum absolute atomic E-state index is 0. The lowest BCUT2D eigenvalue weighted by molar-refractivity contribution is -0.137. The fraction of sp³-hybridized carbons (Fsp3) is 0.588. The third-order valence-corrected chi connectivity index (χ3v) is 4.20. The van der Waals surface area contributed by atoms with Gasteiger partial charge in [-0.2, -0.15) is 13.2 Å². The standard InChI is InChI=1S/C17H23F3N2O2.ClH/c1-10(2)15(11-4-3-5-12(8-11)17(18,19)20)22-16(23)14-7-6-13(9-21)24-14;/h3-5,8,10,13-15H,6-7,9,21H2,1-2H3,(H,22,23);1H/t13-,14+,15?;/m1./s1. The quantitative estimate of drug-likeness (QED) is 0.822. The molecule has 0 spiro atoms. The third kappa shape index (κ3) is 5.59. The molecule has 1 aliphatic rings. The van der Waals surface area contributed by atoms with Gasteiger partial charge in [0.05, 0.1) is 17.7 Å². The molecule has 3 atom stereocenters. The molecule has 0 aliphatic carbocycles. The SMILES string of the molecule is CC(C)C(NC(=O)[C@@H]1CC[C@H](CN)O1)c1cccc(C(F)(F)F)c1.Cl. The van der Waals surface area contributed by atoms with E-state index in [-0.39, 0.29) is 30.3 Å². The van der Waals surface area contributed by atoms with E-state index in [2.05, 4.69) is 5.32 Å². The Bertz CT molecular complexity index is 581. The van der Waals surface area contributed by atoms with E-state index in [1.807, 2.05) is 13.8 Å². The fourth-order valence-corrected chi connectivity index (χ4v) is 2.86. The van der Waals surface area contributed by atoms with Gasteiger partial charge in [-0.3, -0.25) is 4.79 Å². The summed E-state index contributed by atoms with van der Waals surface area (Å²) in [6, 6.07) is 4.55. The van der Waals surface area contributed by atoms with Crippen LogP contribution in [0, 0.1) is 5.92 Å². The van der Waals surface area contributed by atoms with E-state index in [1.165, 1.54) is 6.07 Å². The number of halogens is 4. The van der Waals surface area contributed by atoms with Gasteiger partial charge in [-0.15, -0.1) is 12.4 Å². The number of amides is 1. The highest BCUT2D eigenvalue weighted by molar-refractivity contribution is 5.85. The Hall–Kier alpha value is -1.31. The summed E-state index contributed by atoms with van der Waals surface area (Å²) in [6.45, 7) is 4.05. The predicted molar refractivity (Wildman–Crippen MR) is 91.4 cm³/mol. The molecular formula is C17H24ClF3N2O2. The zero-order valence-corrected chi connectivity index (χ0v) is 15.0. The lowest BCUT2D eigenvalue weighted by Crippen LogP contribution is -2.39. The summed E-state index contributed by atoms with van der Waals surface area (Å²) in [5.74, 6) is -0.369. The summed E-state index contributed by atoms with van der Waals surface area (Å²) in [7, 11) is 0. The number of alkyl halides is 3. The van der Waals surface area contributed by atoms with Crippen molar-refractivity contribution in [2.75, 3.05) is 6.54 Å². The first-order chi connectivity index (χ1) is 11.2. The number of ether oxygens (including phenoxy) is 1. The Morgan fingerprint density at radius 2 is 2.04 bits per heavy atom. The largest absolute Gasteiger partial charge is 0.416 e. The smallest absolute Gasteiger partial charge is 0.364 e. The molecule has 1 aromatic rings. The van der Waals surface area contributed by atoms with Gasteiger partial charge in [0.15, 0.2) is 0 Å². The Balaban J connectivity index is 0.00000312. The van der Waals surface area contributed by atoms with E-state index >= 15 is 0 Å². The Kier molecular flexibility index (Phi) is 7.71. The maximum absolute atomic E-state index is 12.9. The second-order valence-electron chi connectivity index (χ2n) is 6.41. The van der Waals surface area contributed by atoms with E-state index < -0.39 is 23.9 Å². The molecule has 0 bridgehead atoms. The molecule has 3 N–H and O–H groups in total. The van der Waals surface area contributed by atoms with E-state index in [0.29, 0.717) is 24.9 Å². The Morgan fingerprint density at radius 3 is 2.56 bits per heavy atom. The fourth-order valence-electron chi connectivity index (χ4n) is 2.86. The number of hydrogen-bond donors (Lipinski definition) is 2. The van der Waals surface area contributed by atoms with E-state index in [0.717, 1.165) is 12.1 Å². The van der Waals surface area contributed by atoms with Gasteiger partial charge in [0.25, 0.3) is 0 Å². The number of rotatable bonds is 5. The van der Waals surface area contributed by atoms with Gasteiger partial charge < -0.3 is 15.8 Å². The molecule has 0 aromatic heterocycles. The molecule has 0 radical (unpaired) electrons. The van der Waals surface area contributed by atoms with Crippen LogP contribution >= 0.6 is 12.4 Å². The lowest BCUT2D eigenvalue weighted by atomic mass is 9.94. The minimum Gasteiger partial charge on any atom is -0.364 e. The number of carbonyl (C=O) groups is 1. The molecule has 1 aliphatic heterocycles. The molecule has 2 rings (SSSR count). The normalized spacial score (nSPS) is 21.7. The van der Waals surface area contributed by atoms with Crippen LogP contribution in [0.15, 0.2) is 24.3 Å². The molecule has 142 valence electrons. The molecule has 25 heavy (non-hydrogen) atoms. The van der Waals surface area contributed by atoms with Crippen LogP contribution in [0.3, 0.4) is 0 Å². The summed E-state index contributed by atoms with van der Waals surface area (Å²) in [5.41, 5.74) is 5.24.